The fourth-order valence-corrected chi connectivity index (χ4v) is 11.4. The Kier molecular flexibility index (Phi) is 21.7. The summed E-state index contributed by atoms with van der Waals surface area (Å²) in [4.78, 5) is 12.5. The van der Waals surface area contributed by atoms with Crippen LogP contribution >= 0.6 is 0 Å². The number of hydrogen-bond acceptors (Lipinski definition) is 7. The number of Topliss-reactive ketones (excluding diaryl/α,β-unsaturated/α-hetero) is 1. The Morgan fingerprint density at radius 2 is 0.778 bits per heavy atom. The minimum atomic E-state index is -2.69. The van der Waals surface area contributed by atoms with E-state index in [1.807, 2.05) is 41.5 Å². The van der Waals surface area contributed by atoms with E-state index in [0.29, 0.717) is 58.3 Å². The molecule has 0 aromatic carbocycles. The van der Waals surface area contributed by atoms with Gasteiger partial charge >= 0.3 is 17.6 Å². The Balaban J connectivity index is 4.60. The van der Waals surface area contributed by atoms with Crippen LogP contribution in [0.1, 0.15) is 120 Å². The zero-order valence-corrected chi connectivity index (χ0v) is 26.8. The summed E-state index contributed by atoms with van der Waals surface area (Å²) in [5.41, 5.74) is 0.563. The molecule has 216 valence electrons. The molecule has 0 aromatic heterocycles. The highest BCUT2D eigenvalue weighted by atomic mass is 28.4. The fraction of sp³-hybridized carbons (Fsp3) is 0.963. The fourth-order valence-electron chi connectivity index (χ4n) is 4.98. The number of unbranched alkanes of at least 4 members (excludes halogenated alkanes) is 2. The van der Waals surface area contributed by atoms with E-state index in [9.17, 15) is 4.79 Å². The van der Waals surface area contributed by atoms with Gasteiger partial charge in [-0.3, -0.25) is 4.79 Å². The van der Waals surface area contributed by atoms with Crippen LogP contribution in [-0.4, -0.2) is 63.0 Å². The Bertz CT molecular complexity index is 458. The van der Waals surface area contributed by atoms with Crippen molar-refractivity contribution in [2.24, 2.45) is 0 Å². The molecule has 36 heavy (non-hydrogen) atoms. The molecule has 0 aliphatic carbocycles. The standard InChI is InChI=1S/C27H58O7Si2/c1-9-26(35(29-11-3,30-12-4)31-13-5)23-19-17-21-25(28)22-18-20-24-27(10-2)36(32-14-6,33-15-7)34-16-8/h26-27H,9-24H2,1-8H3. The van der Waals surface area contributed by atoms with Crippen LogP contribution in [0, 0.1) is 0 Å². The summed E-state index contributed by atoms with van der Waals surface area (Å²) in [7, 11) is -5.38. The minimum Gasteiger partial charge on any atom is -0.374 e. The first-order valence-electron chi connectivity index (χ1n) is 14.7. The van der Waals surface area contributed by atoms with Crippen LogP contribution in [0.4, 0.5) is 0 Å². The summed E-state index contributed by atoms with van der Waals surface area (Å²) in [6.45, 7) is 20.0. The molecule has 0 aliphatic rings. The molecular weight excluding hydrogens is 492 g/mol. The number of carbonyl (C=O) groups excluding carboxylic acids is 1. The molecule has 2 atom stereocenters. The van der Waals surface area contributed by atoms with Gasteiger partial charge in [0.25, 0.3) is 0 Å². The predicted octanol–water partition coefficient (Wildman–Crippen LogP) is 7.33. The van der Waals surface area contributed by atoms with Gasteiger partial charge in [0.15, 0.2) is 0 Å². The van der Waals surface area contributed by atoms with Crippen molar-refractivity contribution in [2.45, 2.75) is 131 Å². The van der Waals surface area contributed by atoms with E-state index in [4.69, 9.17) is 26.6 Å². The molecule has 0 rings (SSSR count). The molecule has 0 aromatic rings. The third kappa shape index (κ3) is 12.6. The highest BCUT2D eigenvalue weighted by Crippen LogP contribution is 2.35. The first-order valence-corrected chi connectivity index (χ1v) is 18.3. The van der Waals surface area contributed by atoms with Crippen molar-refractivity contribution in [1.82, 2.24) is 0 Å². The van der Waals surface area contributed by atoms with E-state index < -0.39 is 17.6 Å². The molecule has 7 nitrogen and oxygen atoms in total. The third-order valence-electron chi connectivity index (χ3n) is 6.58. The van der Waals surface area contributed by atoms with Crippen molar-refractivity contribution in [3.8, 4) is 0 Å². The summed E-state index contributed by atoms with van der Waals surface area (Å²) in [6, 6.07) is 0. The predicted molar refractivity (Wildman–Crippen MR) is 151 cm³/mol. The number of carbonyl (C=O) groups is 1. The molecule has 0 spiro atoms. The third-order valence-corrected chi connectivity index (χ3v) is 14.1. The Labute approximate surface area is 225 Å². The first kappa shape index (κ1) is 35.9. The van der Waals surface area contributed by atoms with E-state index in [0.717, 1.165) is 51.4 Å². The zero-order chi connectivity index (χ0) is 27.3. The van der Waals surface area contributed by atoms with Gasteiger partial charge in [-0.05, 0) is 80.1 Å². The van der Waals surface area contributed by atoms with Gasteiger partial charge in [0.2, 0.25) is 0 Å². The normalized spacial score (nSPS) is 14.2. The average molecular weight is 551 g/mol. The highest BCUT2D eigenvalue weighted by Gasteiger charge is 2.48. The molecule has 0 fully saturated rings. The van der Waals surface area contributed by atoms with Crippen molar-refractivity contribution in [3.05, 3.63) is 0 Å². The lowest BCUT2D eigenvalue weighted by molar-refractivity contribution is -0.119. The van der Waals surface area contributed by atoms with Crippen LogP contribution in [0.15, 0.2) is 0 Å². The Hall–Kier alpha value is -0.136. The van der Waals surface area contributed by atoms with Crippen LogP contribution in [0.25, 0.3) is 0 Å². The van der Waals surface area contributed by atoms with Crippen molar-refractivity contribution < 1.29 is 31.4 Å². The van der Waals surface area contributed by atoms with E-state index in [2.05, 4.69) is 13.8 Å². The lowest BCUT2D eigenvalue weighted by Crippen LogP contribution is -2.50. The van der Waals surface area contributed by atoms with Gasteiger partial charge in [0, 0.05) is 63.6 Å². The topological polar surface area (TPSA) is 72.5 Å². The van der Waals surface area contributed by atoms with Crippen LogP contribution < -0.4 is 0 Å². The van der Waals surface area contributed by atoms with Crippen LogP contribution in [0.3, 0.4) is 0 Å². The second-order valence-corrected chi connectivity index (χ2v) is 14.8. The lowest BCUT2D eigenvalue weighted by atomic mass is 10.0. The maximum absolute atomic E-state index is 12.5. The van der Waals surface area contributed by atoms with Gasteiger partial charge in [-0.25, -0.2) is 0 Å². The zero-order valence-electron chi connectivity index (χ0n) is 24.8. The van der Waals surface area contributed by atoms with Gasteiger partial charge in [0.1, 0.15) is 5.78 Å². The molecule has 0 amide bonds. The van der Waals surface area contributed by atoms with E-state index in [1.54, 1.807) is 0 Å². The Morgan fingerprint density at radius 1 is 0.500 bits per heavy atom. The van der Waals surface area contributed by atoms with Gasteiger partial charge in [-0.2, -0.15) is 0 Å². The first-order chi connectivity index (χ1) is 17.4. The quantitative estimate of drug-likeness (QED) is 0.0824. The molecule has 0 aliphatic heterocycles. The van der Waals surface area contributed by atoms with Crippen LogP contribution in [-0.2, 0) is 31.4 Å². The summed E-state index contributed by atoms with van der Waals surface area (Å²) >= 11 is 0. The maximum Gasteiger partial charge on any atom is 0.504 e. The molecule has 2 unspecified atom stereocenters. The van der Waals surface area contributed by atoms with Gasteiger partial charge < -0.3 is 26.6 Å². The molecule has 0 saturated heterocycles. The number of ketones is 1. The van der Waals surface area contributed by atoms with Crippen molar-refractivity contribution in [2.75, 3.05) is 39.6 Å². The van der Waals surface area contributed by atoms with E-state index in [-0.39, 0.29) is 11.1 Å². The highest BCUT2D eigenvalue weighted by molar-refractivity contribution is 6.62. The SMILES string of the molecule is CCO[Si](OCC)(OCC)C(CC)CCCCC(=O)CCCCC(CC)[Si](OCC)(OCC)OCC. The monoisotopic (exact) mass is 550 g/mol. The second kappa shape index (κ2) is 21.8. The molecule has 0 saturated carbocycles. The summed E-state index contributed by atoms with van der Waals surface area (Å²) in [5, 5.41) is 0. The van der Waals surface area contributed by atoms with Gasteiger partial charge in [-0.1, -0.05) is 26.7 Å². The summed E-state index contributed by atoms with van der Waals surface area (Å²) in [5.74, 6) is 0.363. The largest absolute Gasteiger partial charge is 0.504 e. The van der Waals surface area contributed by atoms with Crippen molar-refractivity contribution in [1.29, 1.82) is 0 Å². The molecule has 0 radical (unpaired) electrons. The van der Waals surface area contributed by atoms with Crippen molar-refractivity contribution in [3.63, 3.8) is 0 Å². The van der Waals surface area contributed by atoms with Gasteiger partial charge in [-0.15, -0.1) is 0 Å². The van der Waals surface area contributed by atoms with Crippen molar-refractivity contribution >= 4 is 23.4 Å². The molecule has 0 heterocycles. The van der Waals surface area contributed by atoms with Gasteiger partial charge in [0.05, 0.1) is 0 Å². The summed E-state index contributed by atoms with van der Waals surface area (Å²) < 4.78 is 36.7. The molecular formula is C27H58O7Si2. The number of rotatable bonds is 26. The van der Waals surface area contributed by atoms with Crippen LogP contribution in [0.5, 0.6) is 0 Å². The summed E-state index contributed by atoms with van der Waals surface area (Å²) in [6.07, 6.45) is 9.01. The smallest absolute Gasteiger partial charge is 0.374 e. The Morgan fingerprint density at radius 3 is 1.00 bits per heavy atom. The minimum absolute atomic E-state index is 0.281. The maximum atomic E-state index is 12.5. The molecule has 0 bridgehead atoms. The lowest BCUT2D eigenvalue weighted by Gasteiger charge is -2.35. The average Bonchev–Trinajstić information content (AvgIpc) is 2.85. The molecule has 0 N–H and O–H groups in total. The van der Waals surface area contributed by atoms with E-state index in [1.165, 1.54) is 0 Å². The second-order valence-electron chi connectivity index (χ2n) is 9.05. The molecule has 9 heteroatoms. The van der Waals surface area contributed by atoms with Crippen LogP contribution in [0.2, 0.25) is 11.1 Å². The number of hydrogen-bond donors (Lipinski definition) is 0. The van der Waals surface area contributed by atoms with E-state index >= 15 is 0 Å².